The zero-order valence-corrected chi connectivity index (χ0v) is 33.8. The summed E-state index contributed by atoms with van der Waals surface area (Å²) < 4.78 is 129. The second kappa shape index (κ2) is 14.9. The first kappa shape index (κ1) is 42.3. The molecule has 14 nitrogen and oxygen atoms in total. The summed E-state index contributed by atoms with van der Waals surface area (Å²) in [7, 11) is -4.24. The van der Waals surface area contributed by atoms with Gasteiger partial charge in [0.2, 0.25) is 34.1 Å². The summed E-state index contributed by atoms with van der Waals surface area (Å²) >= 11 is 0. The van der Waals surface area contributed by atoms with Gasteiger partial charge in [-0.25, -0.2) is 40.7 Å². The molecule has 1 aromatic heterocycles. The van der Waals surface area contributed by atoms with Gasteiger partial charge in [-0.3, -0.25) is 19.1 Å². The number of alkyl carbamates (subject to hydrolysis) is 1. The van der Waals surface area contributed by atoms with Crippen molar-refractivity contribution in [1.29, 1.82) is 0 Å². The van der Waals surface area contributed by atoms with Crippen molar-refractivity contribution in [2.75, 3.05) is 6.54 Å². The van der Waals surface area contributed by atoms with Gasteiger partial charge in [0.15, 0.2) is 17.3 Å². The van der Waals surface area contributed by atoms with Gasteiger partial charge in [-0.15, -0.1) is 0 Å². The zero-order valence-electron chi connectivity index (χ0n) is 33.0. The number of hydrogen-bond acceptors (Lipinski definition) is 10. The van der Waals surface area contributed by atoms with E-state index >= 15 is 8.78 Å². The Labute approximate surface area is 341 Å². The molecule has 0 radical (unpaired) electrons. The van der Waals surface area contributed by atoms with Crippen molar-refractivity contribution in [2.45, 2.75) is 132 Å². The largest absolute Gasteiger partial charge is 0.471 e. The third-order valence-corrected chi connectivity index (χ3v) is 14.7. The van der Waals surface area contributed by atoms with Crippen LogP contribution in [-0.4, -0.2) is 95.2 Å². The van der Waals surface area contributed by atoms with E-state index in [1.54, 1.807) is 20.8 Å². The lowest BCUT2D eigenvalue weighted by molar-refractivity contribution is -0.143. The van der Waals surface area contributed by atoms with Crippen LogP contribution >= 0.6 is 0 Å². The molecule has 9 atom stereocenters. The summed E-state index contributed by atoms with van der Waals surface area (Å²) in [4.78, 5) is 64.9. The van der Waals surface area contributed by atoms with E-state index in [1.165, 1.54) is 0 Å². The Kier molecular flexibility index (Phi) is 10.5. The molecule has 4 saturated carbocycles. The number of carbonyl (C=O) groups is 4. The Hall–Kier alpha value is -4.43. The number of benzene rings is 1. The SMILES string of the molecule is CC(C)(C)[C@@H]1NC(=O)O[C@@H]2C[C@@H]3C[C@@H]3[C@H]2CCCCC(F)(F)c2nc3cc(F)c(F)cc3nc2O[C@@H]2C[C@@H](C(=O)N[C@]3(C(=O)NS(=O)(=O)C4CC4)CC3C(F)F)N(C2)C1=O. The first-order valence-corrected chi connectivity index (χ1v) is 21.8. The minimum absolute atomic E-state index is 0.00626. The minimum atomic E-state index is -4.24. The van der Waals surface area contributed by atoms with Crippen LogP contribution in [0.4, 0.5) is 31.1 Å². The fourth-order valence-corrected chi connectivity index (χ4v) is 10.6. The quantitative estimate of drug-likeness (QED) is 0.340. The Morgan fingerprint density at radius 2 is 1.65 bits per heavy atom. The average Bonchev–Trinajstić information content (AvgIpc) is 4.09. The van der Waals surface area contributed by atoms with Crippen LogP contribution in [0.2, 0.25) is 0 Å². The Bertz CT molecular complexity index is 2230. The highest BCUT2D eigenvalue weighted by molar-refractivity contribution is 7.91. The van der Waals surface area contributed by atoms with Gasteiger partial charge in [0, 0.05) is 25.0 Å². The minimum Gasteiger partial charge on any atom is -0.471 e. The molecular formula is C39H46F6N6O8S. The Balaban J connectivity index is 1.16. The molecule has 21 heteroatoms. The van der Waals surface area contributed by atoms with Gasteiger partial charge >= 0.3 is 6.09 Å². The molecule has 328 valence electrons. The van der Waals surface area contributed by atoms with E-state index in [1.807, 2.05) is 4.72 Å². The maximum Gasteiger partial charge on any atom is 0.408 e. The number of nitrogens with zero attached hydrogens (tertiary/aromatic N) is 3. The smallest absolute Gasteiger partial charge is 0.408 e. The van der Waals surface area contributed by atoms with Gasteiger partial charge in [0.1, 0.15) is 29.8 Å². The number of nitrogens with one attached hydrogen (secondary N) is 3. The van der Waals surface area contributed by atoms with E-state index in [9.17, 15) is 45.2 Å². The van der Waals surface area contributed by atoms with Crippen molar-refractivity contribution in [3.63, 3.8) is 0 Å². The molecule has 3 heterocycles. The highest BCUT2D eigenvalue weighted by Crippen LogP contribution is 2.58. The fraction of sp³-hybridized carbons (Fsp3) is 0.692. The van der Waals surface area contributed by atoms with Crippen LogP contribution in [0.25, 0.3) is 11.0 Å². The molecule has 2 bridgehead atoms. The predicted molar refractivity (Wildman–Crippen MR) is 198 cm³/mol. The molecule has 3 N–H and O–H groups in total. The normalized spacial score (nSPS) is 33.0. The van der Waals surface area contributed by atoms with Crippen LogP contribution in [0.3, 0.4) is 0 Å². The molecule has 1 unspecified atom stereocenters. The maximum atomic E-state index is 16.3. The summed E-state index contributed by atoms with van der Waals surface area (Å²) in [5.74, 6) is -12.0. The van der Waals surface area contributed by atoms with Crippen LogP contribution in [0.5, 0.6) is 5.88 Å². The van der Waals surface area contributed by atoms with Crippen molar-refractivity contribution < 1.29 is 63.4 Å². The molecule has 4 aliphatic carbocycles. The molecule has 60 heavy (non-hydrogen) atoms. The summed E-state index contributed by atoms with van der Waals surface area (Å²) in [6.07, 6.45) is -5.11. The topological polar surface area (TPSA) is 186 Å². The highest BCUT2D eigenvalue weighted by Gasteiger charge is 2.67. The number of aromatic nitrogens is 2. The molecule has 1 aromatic carbocycles. The first-order valence-electron chi connectivity index (χ1n) is 20.2. The van der Waals surface area contributed by atoms with Gasteiger partial charge < -0.3 is 25.0 Å². The second-order valence-electron chi connectivity index (χ2n) is 18.3. The van der Waals surface area contributed by atoms with E-state index in [0.717, 1.165) is 11.3 Å². The van der Waals surface area contributed by atoms with E-state index < -0.39 is 147 Å². The van der Waals surface area contributed by atoms with Crippen molar-refractivity contribution in [3.05, 3.63) is 29.5 Å². The van der Waals surface area contributed by atoms with Crippen LogP contribution in [0, 0.1) is 40.7 Å². The molecule has 0 spiro atoms. The molecule has 6 aliphatic rings. The average molecular weight is 873 g/mol. The summed E-state index contributed by atoms with van der Waals surface area (Å²) in [6.45, 7) is 4.36. The Morgan fingerprint density at radius 1 is 0.967 bits per heavy atom. The van der Waals surface area contributed by atoms with Crippen LogP contribution in [-0.2, 0) is 35.1 Å². The number of alkyl halides is 4. The van der Waals surface area contributed by atoms with E-state index in [2.05, 4.69) is 20.6 Å². The van der Waals surface area contributed by atoms with Crippen molar-refractivity contribution >= 4 is 44.9 Å². The lowest BCUT2D eigenvalue weighted by atomic mass is 9.85. The predicted octanol–water partition coefficient (Wildman–Crippen LogP) is 4.84. The molecule has 5 fully saturated rings. The van der Waals surface area contributed by atoms with Crippen LogP contribution < -0.4 is 20.1 Å². The third kappa shape index (κ3) is 8.06. The van der Waals surface area contributed by atoms with E-state index in [0.29, 0.717) is 37.3 Å². The van der Waals surface area contributed by atoms with Gasteiger partial charge in [0.05, 0.1) is 28.7 Å². The molecule has 2 aromatic rings. The number of amides is 4. The number of ether oxygens (including phenoxy) is 2. The first-order chi connectivity index (χ1) is 28.1. The van der Waals surface area contributed by atoms with Crippen LogP contribution in [0.15, 0.2) is 12.1 Å². The highest BCUT2D eigenvalue weighted by atomic mass is 32.2. The number of sulfonamides is 1. The molecule has 1 saturated heterocycles. The van der Waals surface area contributed by atoms with Crippen molar-refractivity contribution in [2.24, 2.45) is 29.1 Å². The van der Waals surface area contributed by atoms with Crippen molar-refractivity contribution in [3.8, 4) is 5.88 Å². The van der Waals surface area contributed by atoms with Crippen LogP contribution in [0.1, 0.15) is 90.7 Å². The van der Waals surface area contributed by atoms with Gasteiger partial charge in [-0.2, -0.15) is 8.78 Å². The molecule has 8 rings (SSSR count). The summed E-state index contributed by atoms with van der Waals surface area (Å²) in [5, 5.41) is 4.04. The molecule has 4 amide bonds. The monoisotopic (exact) mass is 872 g/mol. The summed E-state index contributed by atoms with van der Waals surface area (Å²) in [6, 6.07) is -1.78. The standard InChI is InChI=1S/C39H46F6N6O8S/c1-37(2,3)30-34(53)51-16-18(12-27(51)32(52)49-38(15-22(38)31(42)43)35(54)50-60(56,57)19-7-8-19)58-33-29(46-25-13-23(40)24(41)14-26(25)47-33)39(44,45)9-5-4-6-20-21-10-17(21)11-28(20)59-36(55)48-30/h13-14,17-22,27-28,30-31H,4-12,15-16H2,1-3H3,(H,48,55)(H,49,52)(H,50,54)/t17-,18+,20+,21-,22?,27-,28+,30+,38+/m0/s1. The van der Waals surface area contributed by atoms with E-state index in [4.69, 9.17) is 9.47 Å². The number of fused-ring (bicyclic) bond motifs is 7. The number of rotatable bonds is 6. The van der Waals surface area contributed by atoms with E-state index in [-0.39, 0.29) is 36.6 Å². The van der Waals surface area contributed by atoms with Gasteiger partial charge in [-0.1, -0.05) is 27.2 Å². The summed E-state index contributed by atoms with van der Waals surface area (Å²) in [5.41, 5.74) is -5.16. The number of halogens is 6. The lowest BCUT2D eigenvalue weighted by Gasteiger charge is -2.36. The van der Waals surface area contributed by atoms with Gasteiger partial charge in [-0.05, 0) is 68.1 Å². The third-order valence-electron chi connectivity index (χ3n) is 12.9. The lowest BCUT2D eigenvalue weighted by Crippen LogP contribution is -2.60. The fourth-order valence-electron chi connectivity index (χ4n) is 9.23. The maximum absolute atomic E-state index is 16.3. The zero-order chi connectivity index (χ0) is 43.3. The number of hydrogen-bond donors (Lipinski definition) is 3. The second-order valence-corrected chi connectivity index (χ2v) is 20.3. The Morgan fingerprint density at radius 3 is 2.28 bits per heavy atom. The number of carbonyl (C=O) groups excluding carboxylic acids is 4. The van der Waals surface area contributed by atoms with Gasteiger partial charge in [0.25, 0.3) is 11.8 Å². The molecule has 2 aliphatic heterocycles. The van der Waals surface area contributed by atoms with Crippen molar-refractivity contribution in [1.82, 2.24) is 30.2 Å². The molecular weight excluding hydrogens is 827 g/mol.